The van der Waals surface area contributed by atoms with Crippen molar-refractivity contribution in [2.75, 3.05) is 18.8 Å². The maximum Gasteiger partial charge on any atom is 0.227 e. The summed E-state index contributed by atoms with van der Waals surface area (Å²) in [5, 5.41) is 2.69. The average Bonchev–Trinajstić information content (AvgIpc) is 2.56. The number of hydrogen-bond donors (Lipinski definition) is 3. The molecule has 0 unspecified atom stereocenters. The van der Waals surface area contributed by atoms with Crippen LogP contribution in [0.4, 0.5) is 0 Å². The molecule has 0 aliphatic carbocycles. The highest BCUT2D eigenvalue weighted by Gasteiger charge is 2.33. The van der Waals surface area contributed by atoms with Gasteiger partial charge in [-0.1, -0.05) is 44.2 Å². The van der Waals surface area contributed by atoms with E-state index >= 15 is 0 Å². The van der Waals surface area contributed by atoms with Gasteiger partial charge >= 0.3 is 0 Å². The van der Waals surface area contributed by atoms with Gasteiger partial charge in [-0.15, -0.1) is 12.4 Å². The first-order valence-corrected chi connectivity index (χ1v) is 9.54. The summed E-state index contributed by atoms with van der Waals surface area (Å²) in [5.74, 6) is -0.331. The van der Waals surface area contributed by atoms with Crippen molar-refractivity contribution in [1.82, 2.24) is 10.0 Å². The van der Waals surface area contributed by atoms with Gasteiger partial charge in [0.05, 0.1) is 11.2 Å². The van der Waals surface area contributed by atoms with E-state index in [1.54, 1.807) is 0 Å². The highest BCUT2D eigenvalue weighted by molar-refractivity contribution is 7.89. The molecule has 0 heterocycles. The highest BCUT2D eigenvalue weighted by Crippen LogP contribution is 2.24. The van der Waals surface area contributed by atoms with E-state index in [1.165, 1.54) is 0 Å². The second-order valence-corrected chi connectivity index (χ2v) is 7.50. The number of nitrogens with two attached hydrogens (primary N) is 1. The van der Waals surface area contributed by atoms with Crippen LogP contribution < -0.4 is 15.8 Å². The lowest BCUT2D eigenvalue weighted by molar-refractivity contribution is -0.130. The molecule has 0 aliphatic heterocycles. The molecule has 4 N–H and O–H groups in total. The molecule has 1 rings (SSSR count). The first kappa shape index (κ1) is 22.9. The summed E-state index contributed by atoms with van der Waals surface area (Å²) in [5.41, 5.74) is 5.99. The quantitative estimate of drug-likeness (QED) is 0.573. The zero-order chi connectivity index (χ0) is 17.3. The van der Waals surface area contributed by atoms with Crippen LogP contribution in [0.3, 0.4) is 0 Å². The molecule has 1 aromatic carbocycles. The molecule has 6 nitrogen and oxygen atoms in total. The predicted molar refractivity (Wildman–Crippen MR) is 99.4 cm³/mol. The number of carbonyl (C=O) groups excluding carboxylic acids is 1. The molecule has 0 aliphatic rings. The fraction of sp³-hybridized carbons (Fsp3) is 0.562. The minimum absolute atomic E-state index is 0. The van der Waals surface area contributed by atoms with Gasteiger partial charge in [0.2, 0.25) is 15.9 Å². The van der Waals surface area contributed by atoms with Crippen molar-refractivity contribution in [2.24, 2.45) is 11.1 Å². The minimum atomic E-state index is -3.44. The van der Waals surface area contributed by atoms with E-state index in [1.807, 2.05) is 44.2 Å². The fourth-order valence-electron chi connectivity index (χ4n) is 2.30. The first-order chi connectivity index (χ1) is 10.9. The summed E-state index contributed by atoms with van der Waals surface area (Å²) in [6.45, 7) is 4.39. The lowest BCUT2D eigenvalue weighted by Crippen LogP contribution is -2.46. The molecule has 138 valence electrons. The standard InChI is InChI=1S/C16H27N3O3S.ClH/c1-3-16(4-2,13-17)15(20)18-10-11-23(21,22)19-12-14-8-6-5-7-9-14;/h5-9,19H,3-4,10-13,17H2,1-2H3,(H,18,20);1H. The molecule has 0 spiro atoms. The largest absolute Gasteiger partial charge is 0.355 e. The number of halogens is 1. The predicted octanol–water partition coefficient (Wildman–Crippen LogP) is 1.41. The van der Waals surface area contributed by atoms with Crippen molar-refractivity contribution >= 4 is 28.3 Å². The fourth-order valence-corrected chi connectivity index (χ4v) is 3.20. The molecule has 8 heteroatoms. The summed E-state index contributed by atoms with van der Waals surface area (Å²) in [4.78, 5) is 12.2. The Balaban J connectivity index is 0.00000529. The monoisotopic (exact) mass is 377 g/mol. The second kappa shape index (κ2) is 10.7. The average molecular weight is 378 g/mol. The summed E-state index contributed by atoms with van der Waals surface area (Å²) < 4.78 is 26.4. The van der Waals surface area contributed by atoms with Crippen LogP contribution in [0.15, 0.2) is 30.3 Å². The highest BCUT2D eigenvalue weighted by atomic mass is 35.5. The molecule has 0 saturated heterocycles. The third kappa shape index (κ3) is 6.76. The first-order valence-electron chi connectivity index (χ1n) is 7.88. The van der Waals surface area contributed by atoms with E-state index < -0.39 is 15.4 Å². The Bertz CT molecular complexity index is 582. The molecule has 1 amide bonds. The molecule has 0 aromatic heterocycles. The summed E-state index contributed by atoms with van der Waals surface area (Å²) in [6.07, 6.45) is 1.26. The van der Waals surface area contributed by atoms with Gasteiger partial charge in [0.15, 0.2) is 0 Å². The van der Waals surface area contributed by atoms with E-state index in [-0.39, 0.29) is 43.7 Å². The summed E-state index contributed by atoms with van der Waals surface area (Å²) in [7, 11) is -3.44. The Kier molecular flexibility index (Phi) is 10.1. The van der Waals surface area contributed by atoms with Gasteiger partial charge < -0.3 is 11.1 Å². The molecular weight excluding hydrogens is 350 g/mol. The number of carbonyl (C=O) groups is 1. The van der Waals surface area contributed by atoms with Crippen molar-refractivity contribution in [2.45, 2.75) is 33.2 Å². The zero-order valence-corrected chi connectivity index (χ0v) is 15.9. The lowest BCUT2D eigenvalue weighted by Gasteiger charge is -2.28. The van der Waals surface area contributed by atoms with Crippen LogP contribution in [0.2, 0.25) is 0 Å². The Morgan fingerprint density at radius 1 is 1.17 bits per heavy atom. The number of benzene rings is 1. The topological polar surface area (TPSA) is 101 Å². The van der Waals surface area contributed by atoms with Crippen LogP contribution in [-0.4, -0.2) is 33.2 Å². The van der Waals surface area contributed by atoms with E-state index in [0.29, 0.717) is 12.8 Å². The maximum atomic E-state index is 12.2. The lowest BCUT2D eigenvalue weighted by atomic mass is 9.81. The molecule has 0 bridgehead atoms. The Hall–Kier alpha value is -1.15. The van der Waals surface area contributed by atoms with Crippen LogP contribution in [0, 0.1) is 5.41 Å². The SMILES string of the molecule is CCC(CC)(CN)C(=O)NCCS(=O)(=O)NCc1ccccc1.Cl. The zero-order valence-electron chi connectivity index (χ0n) is 14.2. The molecule has 0 atom stereocenters. The van der Waals surface area contributed by atoms with Gasteiger partial charge in [-0.2, -0.15) is 0 Å². The van der Waals surface area contributed by atoms with E-state index in [9.17, 15) is 13.2 Å². The van der Waals surface area contributed by atoms with E-state index in [0.717, 1.165) is 5.56 Å². The number of hydrogen-bond acceptors (Lipinski definition) is 4. The van der Waals surface area contributed by atoms with Crippen molar-refractivity contribution in [3.05, 3.63) is 35.9 Å². The van der Waals surface area contributed by atoms with Crippen molar-refractivity contribution in [3.8, 4) is 0 Å². The Labute approximate surface area is 151 Å². The third-order valence-corrected chi connectivity index (χ3v) is 5.55. The summed E-state index contributed by atoms with van der Waals surface area (Å²) in [6, 6.07) is 9.28. The second-order valence-electron chi connectivity index (χ2n) is 5.57. The van der Waals surface area contributed by atoms with Crippen LogP contribution in [0.25, 0.3) is 0 Å². The van der Waals surface area contributed by atoms with Crippen LogP contribution >= 0.6 is 12.4 Å². The van der Waals surface area contributed by atoms with Crippen LogP contribution in [0.5, 0.6) is 0 Å². The number of nitrogens with one attached hydrogen (secondary N) is 2. The Morgan fingerprint density at radius 3 is 2.25 bits per heavy atom. The van der Waals surface area contributed by atoms with Gasteiger partial charge in [0, 0.05) is 19.6 Å². The van der Waals surface area contributed by atoms with Crippen molar-refractivity contribution < 1.29 is 13.2 Å². The normalized spacial score (nSPS) is 11.6. The maximum absolute atomic E-state index is 12.2. The van der Waals surface area contributed by atoms with Crippen LogP contribution in [-0.2, 0) is 21.4 Å². The van der Waals surface area contributed by atoms with Gasteiger partial charge in [-0.05, 0) is 18.4 Å². The molecule has 0 radical (unpaired) electrons. The third-order valence-electron chi connectivity index (χ3n) is 4.22. The molecular formula is C16H28ClN3O3S. The molecule has 24 heavy (non-hydrogen) atoms. The van der Waals surface area contributed by atoms with E-state index in [2.05, 4.69) is 10.0 Å². The van der Waals surface area contributed by atoms with Crippen LogP contribution in [0.1, 0.15) is 32.3 Å². The minimum Gasteiger partial charge on any atom is -0.355 e. The number of sulfonamides is 1. The van der Waals surface area contributed by atoms with E-state index in [4.69, 9.17) is 5.73 Å². The number of amides is 1. The Morgan fingerprint density at radius 2 is 1.75 bits per heavy atom. The molecule has 0 saturated carbocycles. The summed E-state index contributed by atoms with van der Waals surface area (Å²) >= 11 is 0. The van der Waals surface area contributed by atoms with Gasteiger partial charge in [-0.25, -0.2) is 13.1 Å². The molecule has 0 fully saturated rings. The van der Waals surface area contributed by atoms with Crippen molar-refractivity contribution in [3.63, 3.8) is 0 Å². The number of rotatable bonds is 10. The smallest absolute Gasteiger partial charge is 0.227 e. The molecule has 1 aromatic rings. The van der Waals surface area contributed by atoms with Gasteiger partial charge in [0.25, 0.3) is 0 Å². The van der Waals surface area contributed by atoms with Gasteiger partial charge in [-0.3, -0.25) is 4.79 Å². The van der Waals surface area contributed by atoms with Crippen molar-refractivity contribution in [1.29, 1.82) is 0 Å². The van der Waals surface area contributed by atoms with Gasteiger partial charge in [0.1, 0.15) is 0 Å².